The highest BCUT2D eigenvalue weighted by molar-refractivity contribution is 7.14. The van der Waals surface area contributed by atoms with Gasteiger partial charge in [-0.3, -0.25) is 9.59 Å². The summed E-state index contributed by atoms with van der Waals surface area (Å²) in [5, 5.41) is 3.01. The molecule has 2 heterocycles. The lowest BCUT2D eigenvalue weighted by atomic mass is 10.1. The molecule has 0 radical (unpaired) electrons. The van der Waals surface area contributed by atoms with Crippen LogP contribution in [0.4, 0.5) is 0 Å². The molecule has 0 spiro atoms. The Balaban J connectivity index is 1.72. The van der Waals surface area contributed by atoms with Crippen LogP contribution in [0.15, 0.2) is 36.4 Å². The zero-order chi connectivity index (χ0) is 17.1. The van der Waals surface area contributed by atoms with Crippen molar-refractivity contribution in [3.63, 3.8) is 0 Å². The molecule has 1 aliphatic rings. The van der Waals surface area contributed by atoms with Gasteiger partial charge in [-0.2, -0.15) is 0 Å². The maximum Gasteiger partial charge on any atom is 0.261 e. The molecule has 0 saturated carbocycles. The SMILES string of the molecule is CC[C@H](C)NC(=O)c1cc2c(s1)CCN(C(=O)c1ccccc1)C2. The Kier molecular flexibility index (Phi) is 5.00. The number of carbonyl (C=O) groups excluding carboxylic acids is 2. The minimum Gasteiger partial charge on any atom is -0.349 e. The number of amides is 2. The normalized spacial score (nSPS) is 14.8. The number of benzene rings is 1. The van der Waals surface area contributed by atoms with Crippen LogP contribution in [0.25, 0.3) is 0 Å². The highest BCUT2D eigenvalue weighted by Gasteiger charge is 2.25. The second kappa shape index (κ2) is 7.18. The van der Waals surface area contributed by atoms with E-state index in [0.29, 0.717) is 18.7 Å². The van der Waals surface area contributed by atoms with E-state index in [1.165, 1.54) is 4.88 Å². The lowest BCUT2D eigenvalue weighted by Gasteiger charge is -2.27. The standard InChI is InChI=1S/C19H22N2O2S/c1-3-13(2)20-18(22)17-11-15-12-21(10-9-16(15)24-17)19(23)14-7-5-4-6-8-14/h4-8,11,13H,3,9-10,12H2,1-2H3,(H,20,22)/t13-/m0/s1. The number of carbonyl (C=O) groups is 2. The van der Waals surface area contributed by atoms with Gasteiger partial charge < -0.3 is 10.2 Å². The number of rotatable bonds is 4. The third kappa shape index (κ3) is 3.51. The first-order valence-electron chi connectivity index (χ1n) is 8.35. The fraction of sp³-hybridized carbons (Fsp3) is 0.368. The molecule has 4 nitrogen and oxygen atoms in total. The van der Waals surface area contributed by atoms with E-state index >= 15 is 0 Å². The van der Waals surface area contributed by atoms with Crippen LogP contribution in [0.3, 0.4) is 0 Å². The molecule has 1 aliphatic heterocycles. The van der Waals surface area contributed by atoms with Crippen molar-refractivity contribution in [3.05, 3.63) is 57.3 Å². The number of nitrogens with one attached hydrogen (secondary N) is 1. The Morgan fingerprint density at radius 1 is 1.29 bits per heavy atom. The molecular weight excluding hydrogens is 320 g/mol. The van der Waals surface area contributed by atoms with Crippen molar-refractivity contribution in [1.82, 2.24) is 10.2 Å². The van der Waals surface area contributed by atoms with Crippen LogP contribution < -0.4 is 5.32 Å². The lowest BCUT2D eigenvalue weighted by Crippen LogP contribution is -2.35. The van der Waals surface area contributed by atoms with E-state index in [4.69, 9.17) is 0 Å². The highest BCUT2D eigenvalue weighted by atomic mass is 32.1. The molecule has 5 heteroatoms. The largest absolute Gasteiger partial charge is 0.349 e. The van der Waals surface area contributed by atoms with Gasteiger partial charge in [-0.15, -0.1) is 11.3 Å². The predicted molar refractivity (Wildman–Crippen MR) is 96.4 cm³/mol. The van der Waals surface area contributed by atoms with Crippen molar-refractivity contribution < 1.29 is 9.59 Å². The summed E-state index contributed by atoms with van der Waals surface area (Å²) in [6.45, 7) is 5.34. The summed E-state index contributed by atoms with van der Waals surface area (Å²) in [5.74, 6) is 0.0442. The molecule has 0 fully saturated rings. The minimum absolute atomic E-state index is 0.00955. The predicted octanol–water partition coefficient (Wildman–Crippen LogP) is 3.47. The van der Waals surface area contributed by atoms with E-state index in [0.717, 1.165) is 23.3 Å². The molecule has 0 bridgehead atoms. The Bertz CT molecular complexity index is 739. The number of fused-ring (bicyclic) bond motifs is 1. The van der Waals surface area contributed by atoms with Gasteiger partial charge in [0.25, 0.3) is 11.8 Å². The first-order chi connectivity index (χ1) is 11.6. The fourth-order valence-electron chi connectivity index (χ4n) is 2.78. The molecule has 2 amide bonds. The molecule has 0 saturated heterocycles. The molecule has 0 aliphatic carbocycles. The van der Waals surface area contributed by atoms with Crippen LogP contribution in [0.5, 0.6) is 0 Å². The molecule has 0 unspecified atom stereocenters. The van der Waals surface area contributed by atoms with Gasteiger partial charge in [0, 0.05) is 29.6 Å². The highest BCUT2D eigenvalue weighted by Crippen LogP contribution is 2.29. The topological polar surface area (TPSA) is 49.4 Å². The summed E-state index contributed by atoms with van der Waals surface area (Å²) in [6, 6.07) is 11.5. The van der Waals surface area contributed by atoms with E-state index in [1.54, 1.807) is 11.3 Å². The second-order valence-electron chi connectivity index (χ2n) is 6.18. The average molecular weight is 342 g/mol. The van der Waals surface area contributed by atoms with Crippen molar-refractivity contribution in [1.29, 1.82) is 0 Å². The van der Waals surface area contributed by atoms with Crippen LogP contribution in [0.2, 0.25) is 0 Å². The molecule has 1 aromatic heterocycles. The van der Waals surface area contributed by atoms with Gasteiger partial charge in [-0.1, -0.05) is 25.1 Å². The zero-order valence-electron chi connectivity index (χ0n) is 14.0. The molecule has 2 aromatic rings. The number of nitrogens with zero attached hydrogens (tertiary/aromatic N) is 1. The molecule has 24 heavy (non-hydrogen) atoms. The smallest absolute Gasteiger partial charge is 0.261 e. The van der Waals surface area contributed by atoms with E-state index in [1.807, 2.05) is 48.2 Å². The number of thiophene rings is 1. The Morgan fingerprint density at radius 3 is 2.75 bits per heavy atom. The molecular formula is C19H22N2O2S. The number of hydrogen-bond acceptors (Lipinski definition) is 3. The number of hydrogen-bond donors (Lipinski definition) is 1. The molecule has 1 aromatic carbocycles. The van der Waals surface area contributed by atoms with Crippen LogP contribution >= 0.6 is 11.3 Å². The van der Waals surface area contributed by atoms with E-state index < -0.39 is 0 Å². The maximum absolute atomic E-state index is 12.6. The van der Waals surface area contributed by atoms with Gasteiger partial charge in [0.05, 0.1) is 4.88 Å². The third-order valence-corrected chi connectivity index (χ3v) is 5.62. The first kappa shape index (κ1) is 16.7. The van der Waals surface area contributed by atoms with Gasteiger partial charge in [-0.05, 0) is 43.5 Å². The van der Waals surface area contributed by atoms with Gasteiger partial charge >= 0.3 is 0 Å². The summed E-state index contributed by atoms with van der Waals surface area (Å²) >= 11 is 1.56. The van der Waals surface area contributed by atoms with E-state index in [9.17, 15) is 9.59 Å². The van der Waals surface area contributed by atoms with Crippen LogP contribution in [-0.4, -0.2) is 29.3 Å². The fourth-order valence-corrected chi connectivity index (χ4v) is 3.84. The summed E-state index contributed by atoms with van der Waals surface area (Å²) < 4.78 is 0. The quantitative estimate of drug-likeness (QED) is 0.925. The van der Waals surface area contributed by atoms with Crippen molar-refractivity contribution in [2.75, 3.05) is 6.54 Å². The molecule has 3 rings (SSSR count). The summed E-state index contributed by atoms with van der Waals surface area (Å²) in [7, 11) is 0. The van der Waals surface area contributed by atoms with Gasteiger partial charge in [0.15, 0.2) is 0 Å². The van der Waals surface area contributed by atoms with Gasteiger partial charge in [-0.25, -0.2) is 0 Å². The monoisotopic (exact) mass is 342 g/mol. The van der Waals surface area contributed by atoms with Crippen LogP contribution in [-0.2, 0) is 13.0 Å². The Labute approximate surface area is 146 Å². The second-order valence-corrected chi connectivity index (χ2v) is 7.32. The lowest BCUT2D eigenvalue weighted by molar-refractivity contribution is 0.0736. The first-order valence-corrected chi connectivity index (χ1v) is 9.17. The van der Waals surface area contributed by atoms with Crippen LogP contribution in [0, 0.1) is 0 Å². The Morgan fingerprint density at radius 2 is 2.04 bits per heavy atom. The van der Waals surface area contributed by atoms with Crippen molar-refractivity contribution in [2.45, 2.75) is 39.3 Å². The average Bonchev–Trinajstić information content (AvgIpc) is 3.05. The van der Waals surface area contributed by atoms with Crippen molar-refractivity contribution in [3.8, 4) is 0 Å². The van der Waals surface area contributed by atoms with Crippen molar-refractivity contribution in [2.24, 2.45) is 0 Å². The summed E-state index contributed by atoms with van der Waals surface area (Å²) in [4.78, 5) is 28.7. The summed E-state index contributed by atoms with van der Waals surface area (Å²) in [6.07, 6.45) is 1.73. The Hall–Kier alpha value is -2.14. The molecule has 1 N–H and O–H groups in total. The molecule has 1 atom stereocenters. The van der Waals surface area contributed by atoms with Crippen molar-refractivity contribution >= 4 is 23.2 Å². The minimum atomic E-state index is -0.00955. The third-order valence-electron chi connectivity index (χ3n) is 4.39. The van der Waals surface area contributed by atoms with Crippen LogP contribution in [0.1, 0.15) is 50.7 Å². The zero-order valence-corrected chi connectivity index (χ0v) is 14.9. The van der Waals surface area contributed by atoms with E-state index in [-0.39, 0.29) is 17.9 Å². The summed E-state index contributed by atoms with van der Waals surface area (Å²) in [5.41, 5.74) is 1.82. The van der Waals surface area contributed by atoms with E-state index in [2.05, 4.69) is 12.2 Å². The van der Waals surface area contributed by atoms with Gasteiger partial charge in [0.1, 0.15) is 0 Å². The molecule has 126 valence electrons. The van der Waals surface area contributed by atoms with Gasteiger partial charge in [0.2, 0.25) is 0 Å². The maximum atomic E-state index is 12.6.